The van der Waals surface area contributed by atoms with Crippen molar-refractivity contribution in [1.82, 2.24) is 0 Å². The molecular weight excluding hydrogens is 910 g/mol. The number of nitrogens with zero attached hydrogens (tertiary/aromatic N) is 3. The van der Waals surface area contributed by atoms with E-state index in [2.05, 4.69) is 243 Å². The van der Waals surface area contributed by atoms with Crippen LogP contribution in [0.15, 0.2) is 140 Å². The van der Waals surface area contributed by atoms with Gasteiger partial charge in [-0.05, 0) is 171 Å². The Hall–Kier alpha value is -5.78. The quantitative estimate of drug-likeness (QED) is 0.159. The second-order valence-corrected chi connectivity index (χ2v) is 33.0. The molecule has 2 fully saturated rings. The molecule has 74 heavy (non-hydrogen) atoms. The molecule has 2 bridgehead atoms. The van der Waals surface area contributed by atoms with Gasteiger partial charge in [0.15, 0.2) is 0 Å². The van der Waals surface area contributed by atoms with Crippen molar-refractivity contribution < 1.29 is 0 Å². The monoisotopic (exact) mass is 988 g/mol. The highest BCUT2D eigenvalue weighted by Crippen LogP contribution is 2.63. The summed E-state index contributed by atoms with van der Waals surface area (Å²) in [4.78, 5) is 8.31. The van der Waals surface area contributed by atoms with E-state index >= 15 is 0 Å². The fourth-order valence-corrected chi connectivity index (χ4v) is 16.5. The molecule has 3 aliphatic heterocycles. The summed E-state index contributed by atoms with van der Waals surface area (Å²) < 4.78 is 0. The lowest BCUT2D eigenvalue weighted by molar-refractivity contribution is 0.188. The van der Waals surface area contributed by atoms with Gasteiger partial charge in [0.1, 0.15) is 0 Å². The summed E-state index contributed by atoms with van der Waals surface area (Å²) in [7, 11) is -1.76. The molecule has 0 amide bonds. The highest BCUT2D eigenvalue weighted by atomic mass is 28.3. The van der Waals surface area contributed by atoms with Crippen molar-refractivity contribution in [3.8, 4) is 11.1 Å². The minimum atomic E-state index is -1.76. The van der Waals surface area contributed by atoms with Crippen molar-refractivity contribution in [3.63, 3.8) is 0 Å². The van der Waals surface area contributed by atoms with E-state index in [-0.39, 0.29) is 39.3 Å². The zero-order valence-corrected chi connectivity index (χ0v) is 47.9. The van der Waals surface area contributed by atoms with Crippen LogP contribution in [0.1, 0.15) is 148 Å². The largest absolute Gasteiger partial charge is 0.334 e. The molecule has 3 heterocycles. The van der Waals surface area contributed by atoms with Gasteiger partial charge in [-0.1, -0.05) is 185 Å². The first-order valence-electron chi connectivity index (χ1n) is 28.3. The van der Waals surface area contributed by atoms with Crippen molar-refractivity contribution >= 4 is 81.9 Å². The summed E-state index contributed by atoms with van der Waals surface area (Å²) in [6.45, 7) is 32.1. The van der Waals surface area contributed by atoms with Crippen LogP contribution in [0.25, 0.3) is 11.1 Å². The average molecular weight is 988 g/mol. The Morgan fingerprint density at radius 1 is 0.459 bits per heavy atom. The van der Waals surface area contributed by atoms with Gasteiger partial charge < -0.3 is 14.7 Å². The molecule has 0 spiro atoms. The SMILES string of the molecule is CC(C)(C)c1ccc(N2c3ccc([Si](C)(C)C)cc3B3c4cc5c(cc4N(c4ccc(C(C)(C)C)cc4-c4ccccc4)c4cc(N6c7ccccc7C7(C)CCCCC67C)cc2c43)C2(C)CCC5(C)CC2)cc1. The van der Waals surface area contributed by atoms with E-state index in [4.69, 9.17) is 0 Å². The Labute approximate surface area is 445 Å². The highest BCUT2D eigenvalue weighted by molar-refractivity contribution is 7.01. The van der Waals surface area contributed by atoms with Gasteiger partial charge in [0, 0.05) is 50.8 Å². The van der Waals surface area contributed by atoms with Gasteiger partial charge in [0.2, 0.25) is 0 Å². The van der Waals surface area contributed by atoms with Crippen molar-refractivity contribution in [1.29, 1.82) is 0 Å². The van der Waals surface area contributed by atoms with Crippen LogP contribution in [-0.2, 0) is 27.1 Å². The van der Waals surface area contributed by atoms with E-state index in [0.29, 0.717) is 0 Å². The number of hydrogen-bond acceptors (Lipinski definition) is 3. The van der Waals surface area contributed by atoms with E-state index in [1.54, 1.807) is 11.1 Å². The molecule has 7 aliphatic rings. The van der Waals surface area contributed by atoms with Gasteiger partial charge in [0.25, 0.3) is 6.71 Å². The predicted molar refractivity (Wildman–Crippen MR) is 322 cm³/mol. The number of anilines is 8. The van der Waals surface area contributed by atoms with Crippen LogP contribution in [0.5, 0.6) is 0 Å². The third kappa shape index (κ3) is 6.82. The van der Waals surface area contributed by atoms with Gasteiger partial charge >= 0.3 is 0 Å². The maximum absolute atomic E-state index is 2.83. The number of fused-ring (bicyclic) bond motifs is 9. The van der Waals surface area contributed by atoms with Crippen LogP contribution < -0.4 is 36.3 Å². The second-order valence-electron chi connectivity index (χ2n) is 27.9. The zero-order chi connectivity index (χ0) is 51.7. The number of rotatable bonds is 5. The van der Waals surface area contributed by atoms with Gasteiger partial charge in [-0.25, -0.2) is 0 Å². The highest BCUT2D eigenvalue weighted by Gasteiger charge is 2.58. The number of hydrogen-bond donors (Lipinski definition) is 0. The van der Waals surface area contributed by atoms with Crippen molar-refractivity contribution in [2.45, 2.75) is 173 Å². The molecule has 2 atom stereocenters. The van der Waals surface area contributed by atoms with E-state index in [9.17, 15) is 0 Å². The van der Waals surface area contributed by atoms with E-state index in [1.165, 1.54) is 140 Å². The Kier molecular flexibility index (Phi) is 10.3. The molecule has 4 aliphatic carbocycles. The Morgan fingerprint density at radius 2 is 1.04 bits per heavy atom. The van der Waals surface area contributed by atoms with Crippen LogP contribution in [0.4, 0.5) is 45.5 Å². The first-order valence-corrected chi connectivity index (χ1v) is 31.8. The molecule has 7 aromatic carbocycles. The normalized spacial score (nSPS) is 24.5. The minimum absolute atomic E-state index is 0.0132. The first-order chi connectivity index (χ1) is 35.0. The molecule has 0 aromatic heterocycles. The lowest BCUT2D eigenvalue weighted by atomic mass is 9.33. The predicted octanol–water partition coefficient (Wildman–Crippen LogP) is 16.4. The maximum atomic E-state index is 2.83. The van der Waals surface area contributed by atoms with Gasteiger partial charge in [-0.2, -0.15) is 0 Å². The summed E-state index contributed by atoms with van der Waals surface area (Å²) in [5.41, 5.74) is 24.8. The van der Waals surface area contributed by atoms with E-state index in [0.717, 1.165) is 6.42 Å². The Morgan fingerprint density at radius 3 is 1.70 bits per heavy atom. The maximum Gasteiger partial charge on any atom is 0.252 e. The summed E-state index contributed by atoms with van der Waals surface area (Å²) in [5, 5.41) is 1.52. The Balaban J connectivity index is 1.19. The molecule has 5 heteroatoms. The van der Waals surface area contributed by atoms with Gasteiger partial charge in [-0.3, -0.25) is 0 Å². The molecule has 14 rings (SSSR count). The smallest absolute Gasteiger partial charge is 0.252 e. The molecule has 2 saturated carbocycles. The average Bonchev–Trinajstić information content (AvgIpc) is 3.73. The van der Waals surface area contributed by atoms with Crippen LogP contribution in [0.3, 0.4) is 0 Å². The molecule has 7 aromatic rings. The Bertz CT molecular complexity index is 3430. The molecule has 0 radical (unpaired) electrons. The van der Waals surface area contributed by atoms with Gasteiger partial charge in [0.05, 0.1) is 19.3 Å². The van der Waals surface area contributed by atoms with Crippen molar-refractivity contribution in [2.24, 2.45) is 0 Å². The molecule has 0 saturated heterocycles. The number of benzene rings is 7. The molecule has 3 nitrogen and oxygen atoms in total. The summed E-state index contributed by atoms with van der Waals surface area (Å²) in [6.07, 6.45) is 9.84. The third-order valence-corrected chi connectivity index (χ3v) is 22.3. The van der Waals surface area contributed by atoms with Crippen molar-refractivity contribution in [3.05, 3.63) is 167 Å². The number of para-hydroxylation sites is 1. The van der Waals surface area contributed by atoms with Crippen LogP contribution >= 0.6 is 0 Å². The molecule has 2 unspecified atom stereocenters. The zero-order valence-electron chi connectivity index (χ0n) is 46.9. The second kappa shape index (κ2) is 15.9. The lowest BCUT2D eigenvalue weighted by Crippen LogP contribution is -2.63. The van der Waals surface area contributed by atoms with Crippen molar-refractivity contribution in [2.75, 3.05) is 14.7 Å². The fourth-order valence-electron chi connectivity index (χ4n) is 15.3. The summed E-state index contributed by atoms with van der Waals surface area (Å²) in [5.74, 6) is 0. The topological polar surface area (TPSA) is 9.72 Å². The summed E-state index contributed by atoms with van der Waals surface area (Å²) >= 11 is 0. The van der Waals surface area contributed by atoms with Gasteiger partial charge in [-0.15, -0.1) is 0 Å². The first kappa shape index (κ1) is 47.9. The lowest BCUT2D eigenvalue weighted by Gasteiger charge is -2.54. The van der Waals surface area contributed by atoms with Crippen LogP contribution in [0.2, 0.25) is 19.6 Å². The minimum Gasteiger partial charge on any atom is -0.334 e. The van der Waals surface area contributed by atoms with E-state index in [1.807, 2.05) is 0 Å². The molecule has 376 valence electrons. The van der Waals surface area contributed by atoms with Crippen LogP contribution in [0, 0.1) is 0 Å². The van der Waals surface area contributed by atoms with Crippen LogP contribution in [-0.4, -0.2) is 20.3 Å². The third-order valence-electron chi connectivity index (χ3n) is 20.3. The van der Waals surface area contributed by atoms with E-state index < -0.39 is 8.07 Å². The summed E-state index contributed by atoms with van der Waals surface area (Å²) in [6, 6.07) is 56.4. The fraction of sp³-hybridized carbons (Fsp3) is 0.391. The molecular formula is C69H78BN3Si. The standard InChI is InChI=1S/C69H78BN3Si/c1-64(2,3)46-25-28-48(29-26-46)71-59-32-30-50(74(11,12)13)42-55(59)70-56-43-53-54(67(8)37-35-66(53,7)36-38-67)44-60(56)72(57-31-27-47(65(4,5)6)39-51(57)45-21-15-14-16-22-45)62-41-49(40-61(71)63(62)70)73-58-24-18-17-23-52(58)68(9)33-19-20-34-69(68,73)10/h14-18,21-32,39-44H,19-20,33-38H2,1-13H3. The molecule has 0 N–H and O–H groups in total.